The van der Waals surface area contributed by atoms with E-state index in [2.05, 4.69) is 5.32 Å². The number of nitrogens with zero attached hydrogens (tertiary/aromatic N) is 1. The maximum atomic E-state index is 14.0. The number of carbonyl (C=O) groups excluding carboxylic acids is 2. The molecule has 0 spiro atoms. The predicted octanol–water partition coefficient (Wildman–Crippen LogP) is 3.79. The molecule has 1 aliphatic heterocycles. The van der Waals surface area contributed by atoms with Gasteiger partial charge in [-0.25, -0.2) is 8.78 Å². The number of ether oxygens (including phenoxy) is 1. The van der Waals surface area contributed by atoms with E-state index in [9.17, 15) is 18.4 Å². The smallest absolute Gasteiger partial charge is 0.257 e. The van der Waals surface area contributed by atoms with Crippen molar-refractivity contribution in [1.29, 1.82) is 0 Å². The van der Waals surface area contributed by atoms with Gasteiger partial charge in [-0.15, -0.1) is 0 Å². The Hall–Kier alpha value is -2.96. The fraction of sp³-hybridized carbons (Fsp3) is 0.364. The lowest BCUT2D eigenvalue weighted by Crippen LogP contribution is -2.39. The number of amides is 2. The molecule has 7 heteroatoms. The lowest BCUT2D eigenvalue weighted by atomic mass is 10.1. The first-order chi connectivity index (χ1) is 13.8. The number of rotatable bonds is 6. The molecule has 1 N–H and O–H groups in total. The zero-order valence-corrected chi connectivity index (χ0v) is 16.5. The van der Waals surface area contributed by atoms with Crippen LogP contribution in [0.2, 0.25) is 0 Å². The van der Waals surface area contributed by atoms with Crippen LogP contribution in [0.5, 0.6) is 5.75 Å². The number of benzene rings is 2. The van der Waals surface area contributed by atoms with Gasteiger partial charge in [0, 0.05) is 18.2 Å². The van der Waals surface area contributed by atoms with Gasteiger partial charge in [-0.2, -0.15) is 0 Å². The van der Waals surface area contributed by atoms with Crippen LogP contribution < -0.4 is 10.1 Å². The number of likely N-dealkylation sites (tertiary alicyclic amines) is 1. The van der Waals surface area contributed by atoms with E-state index < -0.39 is 17.5 Å². The Balaban J connectivity index is 1.62. The highest BCUT2D eigenvalue weighted by molar-refractivity contribution is 5.95. The minimum Gasteiger partial charge on any atom is -0.491 e. The molecular formula is C22H24F2N2O3. The zero-order valence-electron chi connectivity index (χ0n) is 16.5. The normalized spacial score (nSPS) is 16.2. The van der Waals surface area contributed by atoms with Crippen LogP contribution in [0, 0.1) is 11.6 Å². The molecule has 0 bridgehead atoms. The first kappa shape index (κ1) is 20.8. The average molecular weight is 402 g/mol. The van der Waals surface area contributed by atoms with Crippen molar-refractivity contribution in [3.8, 4) is 5.75 Å². The molecule has 154 valence electrons. The quantitative estimate of drug-likeness (QED) is 0.800. The average Bonchev–Trinajstić information content (AvgIpc) is 3.16. The van der Waals surface area contributed by atoms with Crippen molar-refractivity contribution < 1.29 is 23.1 Å². The zero-order chi connectivity index (χ0) is 21.0. The van der Waals surface area contributed by atoms with Gasteiger partial charge in [-0.3, -0.25) is 9.59 Å². The molecule has 1 atom stereocenters. The monoisotopic (exact) mass is 402 g/mol. The molecule has 0 saturated carbocycles. The molecule has 1 fully saturated rings. The van der Waals surface area contributed by atoms with Crippen molar-refractivity contribution in [3.63, 3.8) is 0 Å². The number of halogens is 2. The summed E-state index contributed by atoms with van der Waals surface area (Å²) >= 11 is 0. The minimum atomic E-state index is -0.738. The van der Waals surface area contributed by atoms with Crippen LogP contribution in [0.1, 0.15) is 47.4 Å². The first-order valence-corrected chi connectivity index (χ1v) is 9.65. The summed E-state index contributed by atoms with van der Waals surface area (Å²) < 4.78 is 33.2. The van der Waals surface area contributed by atoms with E-state index in [-0.39, 0.29) is 30.2 Å². The van der Waals surface area contributed by atoms with Crippen LogP contribution in [0.15, 0.2) is 42.5 Å². The largest absolute Gasteiger partial charge is 0.491 e. The molecule has 1 unspecified atom stereocenters. The highest BCUT2D eigenvalue weighted by atomic mass is 19.1. The summed E-state index contributed by atoms with van der Waals surface area (Å²) in [6, 6.07) is 9.43. The van der Waals surface area contributed by atoms with Crippen molar-refractivity contribution in [3.05, 3.63) is 65.2 Å². The predicted molar refractivity (Wildman–Crippen MR) is 105 cm³/mol. The van der Waals surface area contributed by atoms with E-state index in [0.29, 0.717) is 17.9 Å². The Labute approximate surface area is 168 Å². The maximum absolute atomic E-state index is 14.0. The fourth-order valence-electron chi connectivity index (χ4n) is 3.33. The van der Waals surface area contributed by atoms with Crippen molar-refractivity contribution >= 4 is 11.8 Å². The summed E-state index contributed by atoms with van der Waals surface area (Å²) in [5, 5.41) is 2.82. The number of hydrogen-bond donors (Lipinski definition) is 1. The molecule has 0 aromatic heterocycles. The molecule has 0 aliphatic carbocycles. The van der Waals surface area contributed by atoms with Gasteiger partial charge in [-0.1, -0.05) is 0 Å². The second-order valence-corrected chi connectivity index (χ2v) is 7.38. The van der Waals surface area contributed by atoms with Gasteiger partial charge < -0.3 is 15.0 Å². The summed E-state index contributed by atoms with van der Waals surface area (Å²) in [6.07, 6.45) is 1.49. The summed E-state index contributed by atoms with van der Waals surface area (Å²) in [5.41, 5.74) is 0.266. The van der Waals surface area contributed by atoms with Crippen LogP contribution in [0.4, 0.5) is 8.78 Å². The molecule has 1 heterocycles. The number of hydrogen-bond acceptors (Lipinski definition) is 3. The van der Waals surface area contributed by atoms with Crippen LogP contribution in [0.3, 0.4) is 0 Å². The highest BCUT2D eigenvalue weighted by Crippen LogP contribution is 2.23. The third-order valence-electron chi connectivity index (χ3n) is 4.78. The van der Waals surface area contributed by atoms with Crippen LogP contribution >= 0.6 is 0 Å². The highest BCUT2D eigenvalue weighted by Gasteiger charge is 2.31. The number of nitrogens with one attached hydrogen (secondary N) is 1. The molecular weight excluding hydrogens is 378 g/mol. The van der Waals surface area contributed by atoms with Gasteiger partial charge >= 0.3 is 0 Å². The van der Waals surface area contributed by atoms with Gasteiger partial charge in [0.15, 0.2) is 0 Å². The van der Waals surface area contributed by atoms with Crippen molar-refractivity contribution in [2.75, 3.05) is 13.2 Å². The molecule has 0 radical (unpaired) electrons. The second-order valence-electron chi connectivity index (χ2n) is 7.38. The lowest BCUT2D eigenvalue weighted by Gasteiger charge is -2.25. The third-order valence-corrected chi connectivity index (χ3v) is 4.78. The van der Waals surface area contributed by atoms with E-state index in [4.69, 9.17) is 4.74 Å². The van der Waals surface area contributed by atoms with Crippen LogP contribution in [-0.2, 0) is 0 Å². The Morgan fingerprint density at radius 3 is 2.59 bits per heavy atom. The molecule has 29 heavy (non-hydrogen) atoms. The second kappa shape index (κ2) is 9.03. The Morgan fingerprint density at radius 1 is 1.17 bits per heavy atom. The van der Waals surface area contributed by atoms with Crippen molar-refractivity contribution in [2.45, 2.75) is 38.8 Å². The molecule has 3 rings (SSSR count). The van der Waals surface area contributed by atoms with Crippen molar-refractivity contribution in [1.82, 2.24) is 10.2 Å². The third kappa shape index (κ3) is 5.10. The number of carbonyl (C=O) groups is 2. The van der Waals surface area contributed by atoms with E-state index >= 15 is 0 Å². The first-order valence-electron chi connectivity index (χ1n) is 9.65. The SMILES string of the molecule is CC(C)NC(=O)c1ccc(OCC2CCCN2C(=O)c2cc(F)ccc2F)cc1. The van der Waals surface area contributed by atoms with Gasteiger partial charge in [0.05, 0.1) is 11.6 Å². The van der Waals surface area contributed by atoms with E-state index in [1.54, 1.807) is 24.3 Å². The van der Waals surface area contributed by atoms with Gasteiger partial charge in [-0.05, 0) is 69.2 Å². The Morgan fingerprint density at radius 2 is 1.90 bits per heavy atom. The topological polar surface area (TPSA) is 58.6 Å². The minimum absolute atomic E-state index is 0.0484. The van der Waals surface area contributed by atoms with Crippen LogP contribution in [0.25, 0.3) is 0 Å². The summed E-state index contributed by atoms with van der Waals surface area (Å²) in [6.45, 7) is 4.48. The molecule has 2 aromatic carbocycles. The van der Waals surface area contributed by atoms with Gasteiger partial charge in [0.1, 0.15) is 24.0 Å². The van der Waals surface area contributed by atoms with E-state index in [0.717, 1.165) is 31.0 Å². The Kier molecular flexibility index (Phi) is 6.46. The molecule has 1 saturated heterocycles. The van der Waals surface area contributed by atoms with Crippen molar-refractivity contribution in [2.24, 2.45) is 0 Å². The summed E-state index contributed by atoms with van der Waals surface area (Å²) in [7, 11) is 0. The van der Waals surface area contributed by atoms with E-state index in [1.165, 1.54) is 4.90 Å². The molecule has 2 amide bonds. The molecule has 1 aliphatic rings. The van der Waals surface area contributed by atoms with Gasteiger partial charge in [0.2, 0.25) is 0 Å². The summed E-state index contributed by atoms with van der Waals surface area (Å²) in [5.74, 6) is -1.51. The summed E-state index contributed by atoms with van der Waals surface area (Å²) in [4.78, 5) is 26.2. The standard InChI is InChI=1S/C22H24F2N2O3/c1-14(2)25-21(27)15-5-8-18(9-6-15)29-13-17-4-3-11-26(17)22(28)19-12-16(23)7-10-20(19)24/h5-10,12,14,17H,3-4,11,13H2,1-2H3,(H,25,27). The fourth-order valence-corrected chi connectivity index (χ4v) is 3.33. The van der Waals surface area contributed by atoms with Crippen LogP contribution in [-0.4, -0.2) is 41.9 Å². The lowest BCUT2D eigenvalue weighted by molar-refractivity contribution is 0.0686. The van der Waals surface area contributed by atoms with E-state index in [1.807, 2.05) is 13.8 Å². The Bertz CT molecular complexity index is 884. The maximum Gasteiger partial charge on any atom is 0.257 e. The molecule has 5 nitrogen and oxygen atoms in total. The van der Waals surface area contributed by atoms with Gasteiger partial charge in [0.25, 0.3) is 11.8 Å². The molecule has 2 aromatic rings.